The lowest BCUT2D eigenvalue weighted by Gasteiger charge is -2.12. The van der Waals surface area contributed by atoms with Crippen molar-refractivity contribution in [3.8, 4) is 11.5 Å². The van der Waals surface area contributed by atoms with Crippen molar-refractivity contribution in [2.45, 2.75) is 13.8 Å². The Morgan fingerprint density at radius 1 is 1.03 bits per heavy atom. The van der Waals surface area contributed by atoms with E-state index in [9.17, 15) is 4.79 Å². The maximum atomic E-state index is 12.7. The second-order valence-corrected chi connectivity index (χ2v) is 6.76. The van der Waals surface area contributed by atoms with Gasteiger partial charge in [0.05, 0.1) is 11.3 Å². The molecule has 0 radical (unpaired) electrons. The van der Waals surface area contributed by atoms with Gasteiger partial charge in [0.2, 0.25) is 5.95 Å². The summed E-state index contributed by atoms with van der Waals surface area (Å²) in [6.45, 7) is 5.19. The molecule has 0 aliphatic heterocycles. The van der Waals surface area contributed by atoms with Gasteiger partial charge in [0.15, 0.2) is 5.82 Å². The largest absolute Gasteiger partial charge is 0.369 e. The number of aromatic nitrogens is 5. The second-order valence-electron chi connectivity index (χ2n) is 6.76. The number of amides is 1. The maximum Gasteiger partial charge on any atom is 0.259 e. The predicted molar refractivity (Wildman–Crippen MR) is 112 cm³/mol. The molecule has 0 saturated carbocycles. The van der Waals surface area contributed by atoms with Gasteiger partial charge < -0.3 is 10.2 Å². The zero-order valence-corrected chi connectivity index (χ0v) is 17.0. The molecular formula is C20H24N8O. The van der Waals surface area contributed by atoms with Crippen LogP contribution in [0.15, 0.2) is 36.5 Å². The minimum atomic E-state index is -0.326. The quantitative estimate of drug-likeness (QED) is 0.630. The summed E-state index contributed by atoms with van der Waals surface area (Å²) in [5.41, 5.74) is 1.69. The molecule has 1 amide bonds. The Hall–Kier alpha value is -3.46. The number of carbonyl (C=O) groups is 1. The van der Waals surface area contributed by atoms with Crippen molar-refractivity contribution in [2.24, 2.45) is 0 Å². The van der Waals surface area contributed by atoms with E-state index in [1.807, 2.05) is 26.2 Å². The third-order valence-electron chi connectivity index (χ3n) is 4.06. The van der Waals surface area contributed by atoms with Gasteiger partial charge >= 0.3 is 0 Å². The highest BCUT2D eigenvalue weighted by Crippen LogP contribution is 2.15. The van der Waals surface area contributed by atoms with Crippen LogP contribution in [0.25, 0.3) is 11.5 Å². The molecule has 0 spiro atoms. The first kappa shape index (κ1) is 20.3. The van der Waals surface area contributed by atoms with Gasteiger partial charge in [0.1, 0.15) is 17.3 Å². The molecule has 3 aromatic rings. The van der Waals surface area contributed by atoms with Crippen molar-refractivity contribution >= 4 is 17.7 Å². The van der Waals surface area contributed by atoms with E-state index in [-0.39, 0.29) is 11.9 Å². The van der Waals surface area contributed by atoms with Crippen LogP contribution in [0.1, 0.15) is 21.9 Å². The summed E-state index contributed by atoms with van der Waals surface area (Å²) in [7, 11) is 4.02. The molecule has 2 N–H and O–H groups in total. The average Bonchev–Trinajstić information content (AvgIpc) is 2.68. The van der Waals surface area contributed by atoms with Crippen LogP contribution in [-0.2, 0) is 0 Å². The topological polar surface area (TPSA) is 109 Å². The van der Waals surface area contributed by atoms with Gasteiger partial charge in [-0.2, -0.15) is 9.97 Å². The summed E-state index contributed by atoms with van der Waals surface area (Å²) in [6, 6.07) is 8.99. The van der Waals surface area contributed by atoms with Gasteiger partial charge in [-0.1, -0.05) is 6.07 Å². The summed E-state index contributed by atoms with van der Waals surface area (Å²) in [4.78, 5) is 36.3. The Labute approximate surface area is 169 Å². The third-order valence-corrected chi connectivity index (χ3v) is 4.06. The molecule has 0 atom stereocenters. The molecule has 3 heterocycles. The van der Waals surface area contributed by atoms with Crippen molar-refractivity contribution in [1.29, 1.82) is 0 Å². The first-order valence-electron chi connectivity index (χ1n) is 9.24. The van der Waals surface area contributed by atoms with Gasteiger partial charge in [-0.15, -0.1) is 0 Å². The number of rotatable bonds is 7. The normalized spacial score (nSPS) is 10.8. The Bertz CT molecular complexity index is 991. The van der Waals surface area contributed by atoms with Crippen LogP contribution in [0.2, 0.25) is 0 Å². The lowest BCUT2D eigenvalue weighted by atomic mass is 10.2. The van der Waals surface area contributed by atoms with E-state index >= 15 is 0 Å². The standard InChI is InChI=1S/C20H24N8O/c1-13-15(8-9-17(23-13)22-11-12-28(3)4)19(29)27-20-25-14(2)24-18(26-20)16-7-5-6-10-21-16/h5-10H,11-12H2,1-4H3,(H,22,23)(H,24,25,26,27,29). The molecule has 9 nitrogen and oxygen atoms in total. The Morgan fingerprint density at radius 3 is 2.55 bits per heavy atom. The highest BCUT2D eigenvalue weighted by Gasteiger charge is 2.14. The zero-order valence-electron chi connectivity index (χ0n) is 17.0. The predicted octanol–water partition coefficient (Wildman–Crippen LogP) is 2.17. The van der Waals surface area contributed by atoms with E-state index < -0.39 is 0 Å². The number of hydrogen-bond acceptors (Lipinski definition) is 8. The smallest absolute Gasteiger partial charge is 0.259 e. The van der Waals surface area contributed by atoms with Crippen molar-refractivity contribution in [2.75, 3.05) is 37.8 Å². The first-order valence-corrected chi connectivity index (χ1v) is 9.24. The highest BCUT2D eigenvalue weighted by atomic mass is 16.1. The number of pyridine rings is 2. The minimum absolute atomic E-state index is 0.177. The monoisotopic (exact) mass is 392 g/mol. The summed E-state index contributed by atoms with van der Waals surface area (Å²) in [6.07, 6.45) is 1.66. The minimum Gasteiger partial charge on any atom is -0.369 e. The lowest BCUT2D eigenvalue weighted by Crippen LogP contribution is -2.21. The van der Waals surface area contributed by atoms with E-state index in [1.165, 1.54) is 0 Å². The highest BCUT2D eigenvalue weighted by molar-refractivity contribution is 6.04. The van der Waals surface area contributed by atoms with Gasteiger partial charge in [0, 0.05) is 19.3 Å². The SMILES string of the molecule is Cc1nc(NC(=O)c2ccc(NCCN(C)C)nc2C)nc(-c2ccccn2)n1. The summed E-state index contributed by atoms with van der Waals surface area (Å²) in [5.74, 6) is 1.48. The molecule has 150 valence electrons. The van der Waals surface area contributed by atoms with Gasteiger partial charge in [-0.25, -0.2) is 9.97 Å². The Balaban J connectivity index is 1.74. The van der Waals surface area contributed by atoms with Crippen LogP contribution in [0.5, 0.6) is 0 Å². The first-order chi connectivity index (χ1) is 13.9. The maximum absolute atomic E-state index is 12.7. The second kappa shape index (κ2) is 9.16. The molecule has 3 rings (SSSR count). The summed E-state index contributed by atoms with van der Waals surface area (Å²) >= 11 is 0. The molecule has 0 saturated heterocycles. The van der Waals surface area contributed by atoms with Crippen LogP contribution in [0.3, 0.4) is 0 Å². The molecular weight excluding hydrogens is 368 g/mol. The zero-order chi connectivity index (χ0) is 20.8. The molecule has 0 aliphatic carbocycles. The van der Waals surface area contributed by atoms with Crippen LogP contribution in [0.4, 0.5) is 11.8 Å². The Kier molecular flexibility index (Phi) is 6.40. The molecule has 0 fully saturated rings. The fourth-order valence-electron chi connectivity index (χ4n) is 2.62. The van der Waals surface area contributed by atoms with Crippen molar-refractivity contribution < 1.29 is 4.79 Å². The van der Waals surface area contributed by atoms with Crippen LogP contribution >= 0.6 is 0 Å². The van der Waals surface area contributed by atoms with Crippen molar-refractivity contribution in [1.82, 2.24) is 29.8 Å². The fourth-order valence-corrected chi connectivity index (χ4v) is 2.62. The van der Waals surface area contributed by atoms with E-state index in [2.05, 4.69) is 40.5 Å². The molecule has 29 heavy (non-hydrogen) atoms. The number of hydrogen-bond donors (Lipinski definition) is 2. The van der Waals surface area contributed by atoms with Crippen LogP contribution < -0.4 is 10.6 Å². The van der Waals surface area contributed by atoms with Gasteiger partial charge in [0.25, 0.3) is 5.91 Å². The molecule has 0 aromatic carbocycles. The van der Waals surface area contributed by atoms with E-state index in [0.717, 1.165) is 18.9 Å². The number of anilines is 2. The number of aryl methyl sites for hydroxylation is 2. The summed E-state index contributed by atoms with van der Waals surface area (Å²) < 4.78 is 0. The average molecular weight is 392 g/mol. The number of nitrogens with one attached hydrogen (secondary N) is 2. The molecule has 9 heteroatoms. The summed E-state index contributed by atoms with van der Waals surface area (Å²) in [5, 5.41) is 5.97. The van der Waals surface area contributed by atoms with Crippen molar-refractivity contribution in [3.05, 3.63) is 53.6 Å². The number of nitrogens with zero attached hydrogens (tertiary/aromatic N) is 6. The molecule has 0 unspecified atom stereocenters. The van der Waals surface area contributed by atoms with Crippen LogP contribution in [-0.4, -0.2) is 62.9 Å². The van der Waals surface area contributed by atoms with E-state index in [1.54, 1.807) is 38.2 Å². The van der Waals surface area contributed by atoms with E-state index in [4.69, 9.17) is 0 Å². The lowest BCUT2D eigenvalue weighted by molar-refractivity contribution is 0.102. The Morgan fingerprint density at radius 2 is 1.86 bits per heavy atom. The molecule has 3 aromatic heterocycles. The van der Waals surface area contributed by atoms with Crippen LogP contribution in [0, 0.1) is 13.8 Å². The fraction of sp³-hybridized carbons (Fsp3) is 0.300. The van der Waals surface area contributed by atoms with E-state index in [0.29, 0.717) is 28.6 Å². The third kappa shape index (κ3) is 5.52. The number of carbonyl (C=O) groups excluding carboxylic acids is 1. The van der Waals surface area contributed by atoms with Gasteiger partial charge in [-0.3, -0.25) is 15.1 Å². The number of likely N-dealkylation sites (N-methyl/N-ethyl adjacent to an activating group) is 1. The molecule has 0 aliphatic rings. The van der Waals surface area contributed by atoms with Gasteiger partial charge in [-0.05, 0) is 52.2 Å². The van der Waals surface area contributed by atoms with Crippen molar-refractivity contribution in [3.63, 3.8) is 0 Å². The molecule has 0 bridgehead atoms.